The summed E-state index contributed by atoms with van der Waals surface area (Å²) < 4.78 is 6.24. The van der Waals surface area contributed by atoms with Crippen LogP contribution in [0.3, 0.4) is 0 Å². The van der Waals surface area contributed by atoms with E-state index in [1.54, 1.807) is 18.2 Å². The van der Waals surface area contributed by atoms with Crippen molar-refractivity contribution in [2.24, 2.45) is 0 Å². The Morgan fingerprint density at radius 3 is 2.38 bits per heavy atom. The second-order valence-corrected chi connectivity index (χ2v) is 5.58. The van der Waals surface area contributed by atoms with E-state index in [0.717, 1.165) is 12.1 Å². The molecule has 0 fully saturated rings. The highest BCUT2D eigenvalue weighted by Gasteiger charge is 2.17. The Kier molecular flexibility index (Phi) is 4.68. The van der Waals surface area contributed by atoms with E-state index in [1.807, 2.05) is 6.07 Å². The SMILES string of the molecule is N#Cc1ccc(Br)cc1Oc1c(Cl)cc([N+](=O)[O-])cc1Cl. The Balaban J connectivity index is 2.48. The Morgan fingerprint density at radius 1 is 1.24 bits per heavy atom. The molecular weight excluding hydrogens is 383 g/mol. The number of nitro groups is 1. The maximum atomic E-state index is 10.7. The summed E-state index contributed by atoms with van der Waals surface area (Å²) in [5.74, 6) is 0.295. The summed E-state index contributed by atoms with van der Waals surface area (Å²) >= 11 is 15.2. The molecule has 2 rings (SSSR count). The molecule has 0 aliphatic carbocycles. The largest absolute Gasteiger partial charge is 0.453 e. The molecule has 0 unspecified atom stereocenters. The van der Waals surface area contributed by atoms with Crippen LogP contribution in [0.5, 0.6) is 11.5 Å². The summed E-state index contributed by atoms with van der Waals surface area (Å²) in [6, 6.07) is 9.06. The molecule has 0 radical (unpaired) electrons. The first-order valence-corrected chi connectivity index (χ1v) is 6.98. The van der Waals surface area contributed by atoms with Crippen molar-refractivity contribution in [2.45, 2.75) is 0 Å². The fourth-order valence-electron chi connectivity index (χ4n) is 1.53. The summed E-state index contributed by atoms with van der Waals surface area (Å²) in [5, 5.41) is 19.7. The first kappa shape index (κ1) is 15.6. The van der Waals surface area contributed by atoms with Crippen LogP contribution in [0.2, 0.25) is 10.0 Å². The van der Waals surface area contributed by atoms with E-state index < -0.39 is 4.92 Å². The van der Waals surface area contributed by atoms with Crippen LogP contribution >= 0.6 is 39.1 Å². The number of rotatable bonds is 3. The van der Waals surface area contributed by atoms with Gasteiger partial charge in [-0.2, -0.15) is 5.26 Å². The summed E-state index contributed by atoms with van der Waals surface area (Å²) in [5.41, 5.74) is 0.0378. The van der Waals surface area contributed by atoms with Crippen LogP contribution in [0.15, 0.2) is 34.8 Å². The van der Waals surface area contributed by atoms with Crippen LogP contribution in [0.4, 0.5) is 5.69 Å². The molecule has 0 saturated carbocycles. The van der Waals surface area contributed by atoms with E-state index in [4.69, 9.17) is 33.2 Å². The predicted octanol–water partition coefficient (Wildman–Crippen LogP) is 5.33. The molecule has 21 heavy (non-hydrogen) atoms. The van der Waals surface area contributed by atoms with E-state index in [2.05, 4.69) is 15.9 Å². The van der Waals surface area contributed by atoms with Crippen LogP contribution in [-0.4, -0.2) is 4.92 Å². The number of benzene rings is 2. The monoisotopic (exact) mass is 386 g/mol. The van der Waals surface area contributed by atoms with Crippen molar-refractivity contribution in [3.8, 4) is 17.6 Å². The van der Waals surface area contributed by atoms with Gasteiger partial charge in [0.2, 0.25) is 0 Å². The number of non-ortho nitro benzene ring substituents is 1. The zero-order valence-electron chi connectivity index (χ0n) is 10.1. The zero-order chi connectivity index (χ0) is 15.6. The molecule has 0 aliphatic heterocycles. The molecule has 0 N–H and O–H groups in total. The van der Waals surface area contributed by atoms with Crippen molar-refractivity contribution in [2.75, 3.05) is 0 Å². The van der Waals surface area contributed by atoms with E-state index in [9.17, 15) is 10.1 Å². The van der Waals surface area contributed by atoms with Crippen LogP contribution in [-0.2, 0) is 0 Å². The molecule has 0 aliphatic rings. The van der Waals surface area contributed by atoms with Gasteiger partial charge >= 0.3 is 0 Å². The van der Waals surface area contributed by atoms with Crippen LogP contribution in [0, 0.1) is 21.4 Å². The van der Waals surface area contributed by atoms with Gasteiger partial charge in [-0.1, -0.05) is 39.1 Å². The molecule has 0 aromatic heterocycles. The topological polar surface area (TPSA) is 76.2 Å². The molecular formula is C13H5BrCl2N2O3. The normalized spacial score (nSPS) is 10.0. The molecule has 0 spiro atoms. The average molecular weight is 388 g/mol. The van der Waals surface area contributed by atoms with Crippen molar-refractivity contribution in [1.29, 1.82) is 5.26 Å². The number of nitro benzene ring substituents is 1. The molecule has 0 heterocycles. The molecule has 0 saturated heterocycles. The van der Waals surface area contributed by atoms with Gasteiger partial charge in [-0.05, 0) is 18.2 Å². The average Bonchev–Trinajstić information content (AvgIpc) is 2.42. The van der Waals surface area contributed by atoms with Crippen molar-refractivity contribution in [3.05, 3.63) is 60.5 Å². The molecule has 8 heteroatoms. The summed E-state index contributed by atoms with van der Waals surface area (Å²) in [6.07, 6.45) is 0. The van der Waals surface area contributed by atoms with Gasteiger partial charge in [-0.15, -0.1) is 0 Å². The molecule has 2 aromatic rings. The van der Waals surface area contributed by atoms with Crippen molar-refractivity contribution in [3.63, 3.8) is 0 Å². The van der Waals surface area contributed by atoms with Gasteiger partial charge in [0.05, 0.1) is 20.5 Å². The van der Waals surface area contributed by atoms with Gasteiger partial charge in [0.25, 0.3) is 5.69 Å². The van der Waals surface area contributed by atoms with E-state index >= 15 is 0 Å². The van der Waals surface area contributed by atoms with E-state index in [1.165, 1.54) is 0 Å². The Bertz CT molecular complexity index is 751. The fourth-order valence-corrected chi connectivity index (χ4v) is 2.43. The number of nitrogens with zero attached hydrogens (tertiary/aromatic N) is 2. The van der Waals surface area contributed by atoms with Crippen LogP contribution in [0.1, 0.15) is 5.56 Å². The van der Waals surface area contributed by atoms with Crippen molar-refractivity contribution >= 4 is 44.8 Å². The smallest absolute Gasteiger partial charge is 0.272 e. The maximum Gasteiger partial charge on any atom is 0.272 e. The third-order valence-corrected chi connectivity index (χ3v) is 3.52. The lowest BCUT2D eigenvalue weighted by Crippen LogP contribution is -1.93. The lowest BCUT2D eigenvalue weighted by molar-refractivity contribution is -0.384. The van der Waals surface area contributed by atoms with Gasteiger partial charge in [0, 0.05) is 16.6 Å². The number of ether oxygens (including phenoxy) is 1. The predicted molar refractivity (Wildman–Crippen MR) is 82.0 cm³/mol. The molecule has 0 amide bonds. The summed E-state index contributed by atoms with van der Waals surface area (Å²) in [7, 11) is 0. The Hall–Kier alpha value is -1.81. The van der Waals surface area contributed by atoms with Gasteiger partial charge in [0.1, 0.15) is 11.8 Å². The van der Waals surface area contributed by atoms with Gasteiger partial charge in [0.15, 0.2) is 5.75 Å². The minimum Gasteiger partial charge on any atom is -0.453 e. The molecule has 106 valence electrons. The van der Waals surface area contributed by atoms with Crippen LogP contribution < -0.4 is 4.74 Å². The molecule has 0 atom stereocenters. The van der Waals surface area contributed by atoms with Gasteiger partial charge in [-0.3, -0.25) is 10.1 Å². The quantitative estimate of drug-likeness (QED) is 0.526. The number of hydrogen-bond acceptors (Lipinski definition) is 4. The summed E-state index contributed by atoms with van der Waals surface area (Å²) in [4.78, 5) is 10.1. The summed E-state index contributed by atoms with van der Waals surface area (Å²) in [6.45, 7) is 0. The zero-order valence-corrected chi connectivity index (χ0v) is 13.2. The highest BCUT2D eigenvalue weighted by Crippen LogP contribution is 2.40. The molecule has 0 bridgehead atoms. The lowest BCUT2D eigenvalue weighted by Gasteiger charge is -2.11. The Labute approximate surface area is 137 Å². The van der Waals surface area contributed by atoms with E-state index in [-0.39, 0.29) is 32.8 Å². The molecule has 2 aromatic carbocycles. The number of hydrogen-bond donors (Lipinski definition) is 0. The van der Waals surface area contributed by atoms with Crippen molar-refractivity contribution in [1.82, 2.24) is 0 Å². The van der Waals surface area contributed by atoms with Gasteiger partial charge < -0.3 is 4.74 Å². The van der Waals surface area contributed by atoms with Crippen LogP contribution in [0.25, 0.3) is 0 Å². The molecule has 5 nitrogen and oxygen atoms in total. The first-order chi connectivity index (χ1) is 9.92. The second kappa shape index (κ2) is 6.31. The lowest BCUT2D eigenvalue weighted by atomic mass is 10.2. The van der Waals surface area contributed by atoms with E-state index in [0.29, 0.717) is 4.47 Å². The third kappa shape index (κ3) is 3.45. The number of nitriles is 1. The van der Waals surface area contributed by atoms with Crippen molar-refractivity contribution < 1.29 is 9.66 Å². The maximum absolute atomic E-state index is 10.7. The Morgan fingerprint density at radius 2 is 1.86 bits per heavy atom. The number of halogens is 3. The highest BCUT2D eigenvalue weighted by atomic mass is 79.9. The highest BCUT2D eigenvalue weighted by molar-refractivity contribution is 9.10. The van der Waals surface area contributed by atoms with Gasteiger partial charge in [-0.25, -0.2) is 0 Å². The minimum atomic E-state index is -0.610. The fraction of sp³-hybridized carbons (Fsp3) is 0. The minimum absolute atomic E-state index is 0.0157. The first-order valence-electron chi connectivity index (χ1n) is 5.43. The second-order valence-electron chi connectivity index (χ2n) is 3.85. The third-order valence-electron chi connectivity index (χ3n) is 2.47. The standard InChI is InChI=1S/C13H5BrCl2N2O3/c14-8-2-1-7(6-17)12(3-8)21-13-10(15)4-9(18(19)20)5-11(13)16/h1-5H.